The van der Waals surface area contributed by atoms with Crippen LogP contribution >= 0.6 is 11.6 Å². The summed E-state index contributed by atoms with van der Waals surface area (Å²) < 4.78 is 43.8. The second-order valence-corrected chi connectivity index (χ2v) is 8.83. The van der Waals surface area contributed by atoms with Crippen molar-refractivity contribution in [2.75, 3.05) is 30.9 Å². The molecule has 0 aromatic heterocycles. The number of fused-ring (bicyclic) bond motifs is 1. The molecule has 0 fully saturated rings. The van der Waals surface area contributed by atoms with E-state index in [4.69, 9.17) is 16.3 Å². The molecule has 1 N–H and O–H groups in total. The number of esters is 1. The number of carbonyl (C=O) groups is 5. The van der Waals surface area contributed by atoms with E-state index in [-0.39, 0.29) is 28.1 Å². The number of rotatable bonds is 6. The van der Waals surface area contributed by atoms with Gasteiger partial charge in [-0.25, -0.2) is 9.69 Å². The predicted octanol–water partition coefficient (Wildman–Crippen LogP) is 4.66. The molecule has 0 saturated carbocycles. The van der Waals surface area contributed by atoms with Crippen molar-refractivity contribution in [3.63, 3.8) is 0 Å². The number of nitrogens with one attached hydrogen (secondary N) is 1. The minimum absolute atomic E-state index is 0.0438. The molecule has 1 heterocycles. The lowest BCUT2D eigenvalue weighted by molar-refractivity contribution is -0.137. The number of ether oxygens (including phenoxy) is 1. The quantitative estimate of drug-likeness (QED) is 0.260. The fraction of sp³-hybridized carbons (Fsp3) is 0.148. The van der Waals surface area contributed by atoms with Crippen molar-refractivity contribution < 1.29 is 41.9 Å². The highest BCUT2D eigenvalue weighted by Gasteiger charge is 2.36. The Morgan fingerprint density at radius 1 is 0.975 bits per heavy atom. The standard InChI is InChI=1S/C24H14ClF3N2O5.C3H7NO/c25-19-9-8-14(11-18(19)24(26,27)28)29-20(31)12-35-23(34)13-4-3-5-15(10-13)30-21(32)16-6-1-2-7-17(16)22(30)33;1-4(2)3-5/h1-11H,12H2,(H,29,31);3H,1-2H3. The zero-order valence-corrected chi connectivity index (χ0v) is 21.7. The van der Waals surface area contributed by atoms with Gasteiger partial charge in [0.05, 0.1) is 33.0 Å². The van der Waals surface area contributed by atoms with E-state index in [0.29, 0.717) is 6.07 Å². The summed E-state index contributed by atoms with van der Waals surface area (Å²) in [6.07, 6.45) is -3.96. The maximum atomic E-state index is 13.0. The number of imide groups is 1. The molecule has 3 aromatic rings. The van der Waals surface area contributed by atoms with Gasteiger partial charge in [0.1, 0.15) is 0 Å². The van der Waals surface area contributed by atoms with Gasteiger partial charge in [-0.05, 0) is 48.5 Å². The fourth-order valence-electron chi connectivity index (χ4n) is 3.43. The number of alkyl halides is 3. The van der Waals surface area contributed by atoms with E-state index in [1.165, 1.54) is 47.4 Å². The zero-order chi connectivity index (χ0) is 29.6. The minimum atomic E-state index is -4.71. The fourth-order valence-corrected chi connectivity index (χ4v) is 3.65. The Morgan fingerprint density at radius 2 is 1.57 bits per heavy atom. The van der Waals surface area contributed by atoms with Crippen LogP contribution < -0.4 is 10.2 Å². The second kappa shape index (κ2) is 12.4. The number of halogens is 4. The Bertz CT molecular complexity index is 1440. The minimum Gasteiger partial charge on any atom is -0.452 e. The van der Waals surface area contributed by atoms with Gasteiger partial charge in [0, 0.05) is 19.8 Å². The summed E-state index contributed by atoms with van der Waals surface area (Å²) >= 11 is 5.54. The molecule has 0 radical (unpaired) electrons. The summed E-state index contributed by atoms with van der Waals surface area (Å²) in [5.74, 6) is -2.91. The van der Waals surface area contributed by atoms with Gasteiger partial charge in [-0.3, -0.25) is 19.2 Å². The van der Waals surface area contributed by atoms with E-state index >= 15 is 0 Å². The lowest BCUT2D eigenvalue weighted by Crippen LogP contribution is -2.29. The molecule has 1 aliphatic heterocycles. The Kier molecular flexibility index (Phi) is 9.27. The van der Waals surface area contributed by atoms with Gasteiger partial charge < -0.3 is 15.0 Å². The number of benzene rings is 3. The molecule has 0 spiro atoms. The van der Waals surface area contributed by atoms with E-state index in [1.807, 2.05) is 0 Å². The molecule has 13 heteroatoms. The molecule has 40 heavy (non-hydrogen) atoms. The van der Waals surface area contributed by atoms with Crippen LogP contribution in [0, 0.1) is 0 Å². The van der Waals surface area contributed by atoms with Crippen LogP contribution in [0.15, 0.2) is 66.7 Å². The van der Waals surface area contributed by atoms with Crippen LogP contribution in [0.2, 0.25) is 5.02 Å². The lowest BCUT2D eigenvalue weighted by atomic mass is 10.1. The van der Waals surface area contributed by atoms with Gasteiger partial charge in [0.25, 0.3) is 17.7 Å². The number of nitrogens with zero attached hydrogens (tertiary/aromatic N) is 2. The van der Waals surface area contributed by atoms with Gasteiger partial charge >= 0.3 is 12.1 Å². The van der Waals surface area contributed by atoms with Gasteiger partial charge in [-0.1, -0.05) is 29.8 Å². The maximum absolute atomic E-state index is 13.0. The van der Waals surface area contributed by atoms with Crippen molar-refractivity contribution in [1.82, 2.24) is 4.90 Å². The molecular formula is C27H21ClF3N3O6. The molecule has 1 aliphatic rings. The molecule has 0 unspecified atom stereocenters. The van der Waals surface area contributed by atoms with Gasteiger partial charge in [0.2, 0.25) is 6.41 Å². The highest BCUT2D eigenvalue weighted by Crippen LogP contribution is 2.36. The smallest absolute Gasteiger partial charge is 0.417 e. The van der Waals surface area contributed by atoms with Crippen molar-refractivity contribution in [1.29, 1.82) is 0 Å². The van der Waals surface area contributed by atoms with Crippen molar-refractivity contribution in [3.8, 4) is 0 Å². The molecule has 4 amide bonds. The van der Waals surface area contributed by atoms with E-state index in [0.717, 1.165) is 17.4 Å². The second-order valence-electron chi connectivity index (χ2n) is 8.43. The largest absolute Gasteiger partial charge is 0.452 e. The van der Waals surface area contributed by atoms with Crippen LogP contribution in [0.5, 0.6) is 0 Å². The number of hydrogen-bond donors (Lipinski definition) is 1. The van der Waals surface area contributed by atoms with Crippen LogP contribution in [0.25, 0.3) is 0 Å². The molecule has 4 rings (SSSR count). The summed E-state index contributed by atoms with van der Waals surface area (Å²) in [5.41, 5.74) is -0.751. The van der Waals surface area contributed by atoms with Gasteiger partial charge in [-0.2, -0.15) is 13.2 Å². The number of amides is 4. The normalized spacial score (nSPS) is 12.2. The highest BCUT2D eigenvalue weighted by molar-refractivity contribution is 6.34. The average Bonchev–Trinajstić information content (AvgIpc) is 3.17. The van der Waals surface area contributed by atoms with E-state index < -0.39 is 47.1 Å². The first-order valence-electron chi connectivity index (χ1n) is 11.4. The van der Waals surface area contributed by atoms with Crippen LogP contribution in [0.1, 0.15) is 36.6 Å². The zero-order valence-electron chi connectivity index (χ0n) is 21.0. The SMILES string of the molecule is CN(C)C=O.O=C(COC(=O)c1cccc(N2C(=O)c3ccccc3C2=O)c1)Nc1ccc(Cl)c(C(F)(F)F)c1. The third-order valence-corrected chi connectivity index (χ3v) is 5.56. The van der Waals surface area contributed by atoms with Crippen LogP contribution in [-0.4, -0.2) is 55.7 Å². The third-order valence-electron chi connectivity index (χ3n) is 5.23. The number of anilines is 2. The van der Waals surface area contributed by atoms with Crippen LogP contribution in [0.3, 0.4) is 0 Å². The van der Waals surface area contributed by atoms with E-state index in [1.54, 1.807) is 26.2 Å². The summed E-state index contributed by atoms with van der Waals surface area (Å²) in [5, 5.41) is 1.67. The first kappa shape index (κ1) is 29.8. The van der Waals surface area contributed by atoms with Gasteiger partial charge in [0.15, 0.2) is 6.61 Å². The first-order valence-corrected chi connectivity index (χ1v) is 11.7. The topological polar surface area (TPSA) is 113 Å². The van der Waals surface area contributed by atoms with Crippen molar-refractivity contribution in [2.45, 2.75) is 6.18 Å². The Hall–Kier alpha value is -4.71. The van der Waals surface area contributed by atoms with E-state index in [2.05, 4.69) is 5.32 Å². The molecule has 0 atom stereocenters. The van der Waals surface area contributed by atoms with Crippen molar-refractivity contribution >= 4 is 53.1 Å². The molecule has 9 nitrogen and oxygen atoms in total. The summed E-state index contributed by atoms with van der Waals surface area (Å²) in [7, 11) is 3.38. The highest BCUT2D eigenvalue weighted by atomic mass is 35.5. The maximum Gasteiger partial charge on any atom is 0.417 e. The molecular weight excluding hydrogens is 555 g/mol. The molecule has 0 aliphatic carbocycles. The lowest BCUT2D eigenvalue weighted by Gasteiger charge is -2.15. The number of hydrogen-bond acceptors (Lipinski definition) is 6. The average molecular weight is 576 g/mol. The first-order chi connectivity index (χ1) is 18.8. The Morgan fingerprint density at radius 3 is 2.12 bits per heavy atom. The summed E-state index contributed by atoms with van der Waals surface area (Å²) in [6.45, 7) is -0.792. The number of carbonyl (C=O) groups excluding carboxylic acids is 5. The molecule has 3 aromatic carbocycles. The monoisotopic (exact) mass is 575 g/mol. The van der Waals surface area contributed by atoms with Crippen molar-refractivity contribution in [2.24, 2.45) is 0 Å². The molecule has 208 valence electrons. The Balaban J connectivity index is 0.000000810. The van der Waals surface area contributed by atoms with E-state index in [9.17, 15) is 37.1 Å². The van der Waals surface area contributed by atoms with Crippen molar-refractivity contribution in [3.05, 3.63) is 94.0 Å². The summed E-state index contributed by atoms with van der Waals surface area (Å²) in [6, 6.07) is 14.6. The Labute approximate surface area is 231 Å². The summed E-state index contributed by atoms with van der Waals surface area (Å²) in [4.78, 5) is 61.6. The molecule has 0 bridgehead atoms. The van der Waals surface area contributed by atoms with Gasteiger partial charge in [-0.15, -0.1) is 0 Å². The third kappa shape index (κ3) is 7.03. The predicted molar refractivity (Wildman–Crippen MR) is 139 cm³/mol. The van der Waals surface area contributed by atoms with Crippen LogP contribution in [0.4, 0.5) is 24.5 Å². The van der Waals surface area contributed by atoms with Crippen LogP contribution in [-0.2, 0) is 20.5 Å². The molecule has 0 saturated heterocycles.